The molecule has 0 aliphatic heterocycles. The Kier molecular flexibility index (Phi) is 5.14. The first-order chi connectivity index (χ1) is 11.7. The van der Waals surface area contributed by atoms with Crippen LogP contribution in [0.25, 0.3) is 11.1 Å². The topological polar surface area (TPSA) is 85.8 Å². The Bertz CT molecular complexity index is 796. The van der Waals surface area contributed by atoms with Crippen molar-refractivity contribution in [3.8, 4) is 0 Å². The highest BCUT2D eigenvalue weighted by atomic mass is 32.2. The Labute approximate surface area is 143 Å². The van der Waals surface area contributed by atoms with E-state index in [1.165, 1.54) is 18.1 Å². The molecule has 3 aromatic rings. The second kappa shape index (κ2) is 7.48. The molecule has 0 saturated carbocycles. The van der Waals surface area contributed by atoms with E-state index in [0.717, 1.165) is 16.9 Å². The Morgan fingerprint density at radius 2 is 2.25 bits per heavy atom. The quantitative estimate of drug-likeness (QED) is 0.661. The van der Waals surface area contributed by atoms with Crippen molar-refractivity contribution in [2.75, 3.05) is 6.54 Å². The summed E-state index contributed by atoms with van der Waals surface area (Å²) in [6.07, 6.45) is 2.85. The number of amides is 1. The summed E-state index contributed by atoms with van der Waals surface area (Å²) < 4.78 is 7.38. The van der Waals surface area contributed by atoms with Gasteiger partial charge < -0.3 is 9.73 Å². The van der Waals surface area contributed by atoms with Crippen LogP contribution in [0.3, 0.4) is 0 Å². The molecule has 3 rings (SSSR count). The van der Waals surface area contributed by atoms with E-state index in [0.29, 0.717) is 24.6 Å². The monoisotopic (exact) mass is 345 g/mol. The minimum Gasteiger partial charge on any atom is -0.431 e. The number of oxazole rings is 1. The van der Waals surface area contributed by atoms with E-state index in [2.05, 4.69) is 20.4 Å². The highest BCUT2D eigenvalue weighted by molar-refractivity contribution is 8.00. The zero-order chi connectivity index (χ0) is 16.9. The second-order valence-electron chi connectivity index (χ2n) is 5.30. The molecule has 1 N–H and O–H groups in total. The average molecular weight is 345 g/mol. The van der Waals surface area contributed by atoms with Gasteiger partial charge >= 0.3 is 0 Å². The summed E-state index contributed by atoms with van der Waals surface area (Å²) >= 11 is 1.35. The number of nitrogens with one attached hydrogen (secondary N) is 1. The summed E-state index contributed by atoms with van der Waals surface area (Å²) in [4.78, 5) is 20.9. The van der Waals surface area contributed by atoms with E-state index in [9.17, 15) is 4.79 Å². The Morgan fingerprint density at radius 3 is 2.96 bits per heavy atom. The number of fused-ring (bicyclic) bond motifs is 1. The molecule has 0 aliphatic rings. The molecule has 0 aliphatic carbocycles. The van der Waals surface area contributed by atoms with E-state index in [1.54, 1.807) is 4.68 Å². The zero-order valence-corrected chi connectivity index (χ0v) is 14.4. The van der Waals surface area contributed by atoms with Crippen LogP contribution in [-0.2, 0) is 18.3 Å². The predicted octanol–water partition coefficient (Wildman–Crippen LogP) is 2.19. The number of aryl methyl sites for hydroxylation is 1. The summed E-state index contributed by atoms with van der Waals surface area (Å²) in [7, 11) is 1.84. The molecule has 0 radical (unpaired) electrons. The number of para-hydroxylation sites is 2. The van der Waals surface area contributed by atoms with Gasteiger partial charge in [-0.05, 0) is 18.6 Å². The van der Waals surface area contributed by atoms with Crippen LogP contribution in [0.5, 0.6) is 0 Å². The number of nitrogens with zero attached hydrogens (tertiary/aromatic N) is 4. The summed E-state index contributed by atoms with van der Waals surface area (Å²) in [6.45, 7) is 2.50. The van der Waals surface area contributed by atoms with Crippen molar-refractivity contribution in [2.24, 2.45) is 7.05 Å². The minimum atomic E-state index is -0.238. The molecule has 0 fully saturated rings. The first kappa shape index (κ1) is 16.5. The van der Waals surface area contributed by atoms with Crippen LogP contribution in [0.4, 0.5) is 0 Å². The first-order valence-electron chi connectivity index (χ1n) is 7.80. The van der Waals surface area contributed by atoms with Gasteiger partial charge in [0.05, 0.1) is 5.25 Å². The molecule has 7 nitrogen and oxygen atoms in total. The van der Waals surface area contributed by atoms with Gasteiger partial charge in [-0.3, -0.25) is 9.48 Å². The van der Waals surface area contributed by atoms with Crippen molar-refractivity contribution in [3.63, 3.8) is 0 Å². The zero-order valence-electron chi connectivity index (χ0n) is 13.6. The molecule has 1 unspecified atom stereocenters. The van der Waals surface area contributed by atoms with Gasteiger partial charge in [0.25, 0.3) is 5.22 Å². The Balaban J connectivity index is 1.56. The molecule has 2 heterocycles. The molecule has 8 heteroatoms. The van der Waals surface area contributed by atoms with Gasteiger partial charge in [0.15, 0.2) is 5.58 Å². The van der Waals surface area contributed by atoms with Gasteiger partial charge in [-0.1, -0.05) is 30.8 Å². The fourth-order valence-corrected chi connectivity index (χ4v) is 3.19. The maximum absolute atomic E-state index is 12.4. The average Bonchev–Trinajstić information content (AvgIpc) is 3.18. The lowest BCUT2D eigenvalue weighted by Crippen LogP contribution is -2.34. The smallest absolute Gasteiger partial charge is 0.257 e. The van der Waals surface area contributed by atoms with E-state index in [4.69, 9.17) is 4.42 Å². The van der Waals surface area contributed by atoms with Crippen LogP contribution < -0.4 is 5.32 Å². The summed E-state index contributed by atoms with van der Waals surface area (Å²) in [5.74, 6) is 0.821. The Morgan fingerprint density at radius 1 is 1.42 bits per heavy atom. The van der Waals surface area contributed by atoms with Gasteiger partial charge in [-0.25, -0.2) is 9.97 Å². The summed E-state index contributed by atoms with van der Waals surface area (Å²) in [5, 5.41) is 7.23. The molecular formula is C16H19N5O2S. The standard InChI is InChI=1S/C16H19N5O2S/c1-3-13(15(22)17-9-8-14-18-10-19-21(14)2)24-16-20-11-6-4-5-7-12(11)23-16/h4-7,10,13H,3,8-9H2,1-2H3,(H,17,22). The van der Waals surface area contributed by atoms with E-state index in [-0.39, 0.29) is 11.2 Å². The number of hydrogen-bond acceptors (Lipinski definition) is 6. The van der Waals surface area contributed by atoms with Gasteiger partial charge in [0.2, 0.25) is 5.91 Å². The van der Waals surface area contributed by atoms with Crippen molar-refractivity contribution >= 4 is 28.8 Å². The number of carbonyl (C=O) groups is 1. The van der Waals surface area contributed by atoms with Crippen LogP contribution in [0.2, 0.25) is 0 Å². The van der Waals surface area contributed by atoms with Crippen molar-refractivity contribution in [1.82, 2.24) is 25.1 Å². The highest BCUT2D eigenvalue weighted by Crippen LogP contribution is 2.28. The van der Waals surface area contributed by atoms with E-state index < -0.39 is 0 Å². The van der Waals surface area contributed by atoms with Gasteiger partial charge in [0.1, 0.15) is 17.7 Å². The van der Waals surface area contributed by atoms with Crippen LogP contribution in [-0.4, -0.2) is 37.5 Å². The molecule has 1 aromatic carbocycles. The molecule has 1 amide bonds. The molecule has 126 valence electrons. The predicted molar refractivity (Wildman–Crippen MR) is 91.7 cm³/mol. The van der Waals surface area contributed by atoms with Crippen molar-refractivity contribution in [3.05, 3.63) is 36.4 Å². The fourth-order valence-electron chi connectivity index (χ4n) is 2.30. The third kappa shape index (κ3) is 3.76. The van der Waals surface area contributed by atoms with Crippen molar-refractivity contribution in [1.29, 1.82) is 0 Å². The number of hydrogen-bond donors (Lipinski definition) is 1. The molecule has 0 saturated heterocycles. The molecule has 0 bridgehead atoms. The molecule has 1 atom stereocenters. The Hall–Kier alpha value is -2.35. The molecule has 2 aromatic heterocycles. The van der Waals surface area contributed by atoms with Crippen LogP contribution in [0, 0.1) is 0 Å². The SMILES string of the molecule is CCC(Sc1nc2ccccc2o1)C(=O)NCCc1ncnn1C. The normalized spacial score (nSPS) is 12.4. The third-order valence-corrected chi connectivity index (χ3v) is 4.84. The number of carbonyl (C=O) groups excluding carboxylic acids is 1. The van der Waals surface area contributed by atoms with E-state index in [1.807, 2.05) is 38.2 Å². The maximum Gasteiger partial charge on any atom is 0.257 e. The molecular weight excluding hydrogens is 326 g/mol. The van der Waals surface area contributed by atoms with Gasteiger partial charge in [-0.15, -0.1) is 0 Å². The van der Waals surface area contributed by atoms with Crippen molar-refractivity contribution < 1.29 is 9.21 Å². The van der Waals surface area contributed by atoms with Crippen LogP contribution >= 0.6 is 11.8 Å². The lowest BCUT2D eigenvalue weighted by atomic mass is 10.3. The molecule has 0 spiro atoms. The highest BCUT2D eigenvalue weighted by Gasteiger charge is 2.20. The number of aromatic nitrogens is 4. The first-order valence-corrected chi connectivity index (χ1v) is 8.68. The number of benzene rings is 1. The van der Waals surface area contributed by atoms with E-state index >= 15 is 0 Å². The number of thioether (sulfide) groups is 1. The summed E-state index contributed by atoms with van der Waals surface area (Å²) in [6, 6.07) is 7.58. The van der Waals surface area contributed by atoms with Crippen LogP contribution in [0.15, 0.2) is 40.2 Å². The maximum atomic E-state index is 12.4. The van der Waals surface area contributed by atoms with Gasteiger partial charge in [0, 0.05) is 20.0 Å². The number of rotatable bonds is 7. The lowest BCUT2D eigenvalue weighted by molar-refractivity contribution is -0.120. The minimum absolute atomic E-state index is 0.0214. The third-order valence-electron chi connectivity index (χ3n) is 3.63. The van der Waals surface area contributed by atoms with Crippen molar-refractivity contribution in [2.45, 2.75) is 30.2 Å². The van der Waals surface area contributed by atoms with Gasteiger partial charge in [-0.2, -0.15) is 5.10 Å². The fraction of sp³-hybridized carbons (Fsp3) is 0.375. The van der Waals surface area contributed by atoms with Crippen LogP contribution in [0.1, 0.15) is 19.2 Å². The lowest BCUT2D eigenvalue weighted by Gasteiger charge is -2.12. The largest absolute Gasteiger partial charge is 0.431 e. The second-order valence-corrected chi connectivity index (χ2v) is 6.46. The molecule has 24 heavy (non-hydrogen) atoms. The summed E-state index contributed by atoms with van der Waals surface area (Å²) in [5.41, 5.74) is 1.54.